The lowest BCUT2D eigenvalue weighted by Gasteiger charge is -2.11. The molecular formula is C18H20N4O2S2. The Balaban J connectivity index is 1.64. The fourth-order valence-electron chi connectivity index (χ4n) is 2.35. The van der Waals surface area contributed by atoms with Crippen molar-refractivity contribution >= 4 is 29.0 Å². The van der Waals surface area contributed by atoms with Crippen LogP contribution in [-0.4, -0.2) is 33.0 Å². The molecule has 2 aromatic heterocycles. The van der Waals surface area contributed by atoms with Crippen LogP contribution in [0.25, 0.3) is 11.4 Å². The van der Waals surface area contributed by atoms with Crippen LogP contribution in [0, 0.1) is 0 Å². The molecule has 0 aliphatic rings. The van der Waals surface area contributed by atoms with Crippen LogP contribution < -0.4 is 10.1 Å². The van der Waals surface area contributed by atoms with E-state index in [2.05, 4.69) is 15.5 Å². The zero-order valence-corrected chi connectivity index (χ0v) is 16.4. The van der Waals surface area contributed by atoms with Crippen molar-refractivity contribution in [3.63, 3.8) is 0 Å². The highest BCUT2D eigenvalue weighted by Crippen LogP contribution is 2.26. The number of hydrogen-bond acceptors (Lipinski definition) is 6. The fraction of sp³-hybridized carbons (Fsp3) is 0.278. The summed E-state index contributed by atoms with van der Waals surface area (Å²) in [5.74, 6) is 1.53. The molecule has 8 heteroatoms. The van der Waals surface area contributed by atoms with E-state index >= 15 is 0 Å². The second-order valence-corrected chi connectivity index (χ2v) is 7.99. The average molecular weight is 389 g/mol. The quantitative estimate of drug-likeness (QED) is 0.629. The van der Waals surface area contributed by atoms with Crippen molar-refractivity contribution in [2.24, 2.45) is 7.05 Å². The highest BCUT2D eigenvalue weighted by molar-refractivity contribution is 8.00. The van der Waals surface area contributed by atoms with E-state index in [4.69, 9.17) is 4.74 Å². The normalized spacial score (nSPS) is 12.0. The molecule has 6 nitrogen and oxygen atoms in total. The Labute approximate surface area is 160 Å². The first kappa shape index (κ1) is 18.5. The molecule has 0 radical (unpaired) electrons. The number of carbonyl (C=O) groups is 1. The molecule has 1 N–H and O–H groups in total. The van der Waals surface area contributed by atoms with Gasteiger partial charge in [-0.25, -0.2) is 0 Å². The first-order valence-corrected chi connectivity index (χ1v) is 9.85. The molecule has 1 amide bonds. The first-order valence-electron chi connectivity index (χ1n) is 8.09. The standard InChI is InChI=1S/C18H20N4O2S2/c1-12(17(23)19-11-15-5-4-10-25-15)26-18-21-20-16(22(18)2)13-6-8-14(24-3)9-7-13/h4-10,12H,11H2,1-3H3,(H,19,23)/t12-/m1/s1. The number of amides is 1. The number of aromatic nitrogens is 3. The number of hydrogen-bond donors (Lipinski definition) is 1. The van der Waals surface area contributed by atoms with Crippen LogP contribution in [0.1, 0.15) is 11.8 Å². The van der Waals surface area contributed by atoms with Gasteiger partial charge in [-0.05, 0) is 42.6 Å². The van der Waals surface area contributed by atoms with E-state index in [9.17, 15) is 4.79 Å². The van der Waals surface area contributed by atoms with Crippen molar-refractivity contribution in [2.45, 2.75) is 23.9 Å². The molecule has 0 bridgehead atoms. The van der Waals surface area contributed by atoms with E-state index in [1.165, 1.54) is 11.8 Å². The summed E-state index contributed by atoms with van der Waals surface area (Å²) in [5.41, 5.74) is 0.947. The van der Waals surface area contributed by atoms with Crippen molar-refractivity contribution in [2.75, 3.05) is 7.11 Å². The predicted molar refractivity (Wildman–Crippen MR) is 104 cm³/mol. The molecule has 0 spiro atoms. The molecule has 0 saturated carbocycles. The molecule has 3 aromatic rings. The second-order valence-electron chi connectivity index (χ2n) is 5.65. The van der Waals surface area contributed by atoms with Gasteiger partial charge in [0.1, 0.15) is 5.75 Å². The zero-order valence-electron chi connectivity index (χ0n) is 14.8. The number of ether oxygens (including phenoxy) is 1. The average Bonchev–Trinajstić information content (AvgIpc) is 3.30. The predicted octanol–water partition coefficient (Wildman–Crippen LogP) is 3.35. The second kappa shape index (κ2) is 8.37. The van der Waals surface area contributed by atoms with Gasteiger partial charge in [0.2, 0.25) is 5.91 Å². The zero-order chi connectivity index (χ0) is 18.5. The lowest BCUT2D eigenvalue weighted by Crippen LogP contribution is -2.30. The Morgan fingerprint density at radius 2 is 2.08 bits per heavy atom. The number of methoxy groups -OCH3 is 1. The van der Waals surface area contributed by atoms with Gasteiger partial charge in [-0.3, -0.25) is 4.79 Å². The largest absolute Gasteiger partial charge is 0.497 e. The third-order valence-corrected chi connectivity index (χ3v) is 5.86. The number of benzene rings is 1. The molecule has 0 aliphatic heterocycles. The monoisotopic (exact) mass is 388 g/mol. The summed E-state index contributed by atoms with van der Waals surface area (Å²) in [4.78, 5) is 13.4. The summed E-state index contributed by atoms with van der Waals surface area (Å²) in [6, 6.07) is 11.6. The molecule has 1 atom stereocenters. The number of nitrogens with zero attached hydrogens (tertiary/aromatic N) is 3. The number of carbonyl (C=O) groups excluding carboxylic acids is 1. The SMILES string of the molecule is COc1ccc(-c2nnc(S[C@H](C)C(=O)NCc3cccs3)n2C)cc1. The molecule has 0 unspecified atom stereocenters. The van der Waals surface area contributed by atoms with Gasteiger partial charge in [0, 0.05) is 17.5 Å². The summed E-state index contributed by atoms with van der Waals surface area (Å²) >= 11 is 3.02. The Morgan fingerprint density at radius 3 is 2.73 bits per heavy atom. The number of nitrogens with one attached hydrogen (secondary N) is 1. The molecule has 136 valence electrons. The van der Waals surface area contributed by atoms with Gasteiger partial charge in [-0.1, -0.05) is 17.8 Å². The van der Waals surface area contributed by atoms with Gasteiger partial charge in [0.05, 0.1) is 18.9 Å². The van der Waals surface area contributed by atoms with E-state index in [0.29, 0.717) is 11.7 Å². The highest BCUT2D eigenvalue weighted by Gasteiger charge is 2.19. The Kier molecular flexibility index (Phi) is 5.95. The van der Waals surface area contributed by atoms with Crippen molar-refractivity contribution in [1.82, 2.24) is 20.1 Å². The van der Waals surface area contributed by atoms with Crippen LogP contribution >= 0.6 is 23.1 Å². The van der Waals surface area contributed by atoms with Crippen molar-refractivity contribution in [3.8, 4) is 17.1 Å². The maximum absolute atomic E-state index is 12.3. The van der Waals surface area contributed by atoms with Gasteiger partial charge >= 0.3 is 0 Å². The third-order valence-electron chi connectivity index (χ3n) is 3.85. The molecule has 0 fully saturated rings. The van der Waals surface area contributed by atoms with E-state index in [1.54, 1.807) is 18.4 Å². The molecule has 3 rings (SSSR count). The van der Waals surface area contributed by atoms with E-state index in [1.807, 2.05) is 60.3 Å². The van der Waals surface area contributed by atoms with Crippen molar-refractivity contribution in [1.29, 1.82) is 0 Å². The summed E-state index contributed by atoms with van der Waals surface area (Å²) in [5, 5.41) is 13.9. The summed E-state index contributed by atoms with van der Waals surface area (Å²) in [7, 11) is 3.54. The van der Waals surface area contributed by atoms with Crippen LogP contribution in [0.4, 0.5) is 0 Å². The summed E-state index contributed by atoms with van der Waals surface area (Å²) < 4.78 is 7.08. The van der Waals surface area contributed by atoms with Gasteiger partial charge in [0.15, 0.2) is 11.0 Å². The molecule has 1 aromatic carbocycles. The van der Waals surface area contributed by atoms with Crippen molar-refractivity contribution in [3.05, 3.63) is 46.7 Å². The number of rotatable bonds is 7. The van der Waals surface area contributed by atoms with Crippen LogP contribution in [0.2, 0.25) is 0 Å². The number of thioether (sulfide) groups is 1. The Bertz CT molecular complexity index is 860. The maximum atomic E-state index is 12.3. The van der Waals surface area contributed by atoms with Gasteiger partial charge in [0.25, 0.3) is 0 Å². The lowest BCUT2D eigenvalue weighted by atomic mass is 10.2. The topological polar surface area (TPSA) is 69.0 Å². The lowest BCUT2D eigenvalue weighted by molar-refractivity contribution is -0.120. The van der Waals surface area contributed by atoms with Crippen LogP contribution in [0.3, 0.4) is 0 Å². The van der Waals surface area contributed by atoms with Crippen molar-refractivity contribution < 1.29 is 9.53 Å². The first-order chi connectivity index (χ1) is 12.6. The molecule has 0 aliphatic carbocycles. The molecule has 26 heavy (non-hydrogen) atoms. The molecule has 2 heterocycles. The van der Waals surface area contributed by atoms with Gasteiger partial charge < -0.3 is 14.6 Å². The fourth-order valence-corrected chi connectivity index (χ4v) is 3.84. The summed E-state index contributed by atoms with van der Waals surface area (Å²) in [6.07, 6.45) is 0. The van der Waals surface area contributed by atoms with Crippen LogP contribution in [0.5, 0.6) is 5.75 Å². The van der Waals surface area contributed by atoms with E-state index < -0.39 is 0 Å². The minimum absolute atomic E-state index is 0.0163. The summed E-state index contributed by atoms with van der Waals surface area (Å²) in [6.45, 7) is 2.42. The number of thiophene rings is 1. The Morgan fingerprint density at radius 1 is 1.31 bits per heavy atom. The molecule has 0 saturated heterocycles. The third kappa shape index (κ3) is 4.25. The Hall–Kier alpha value is -2.32. The van der Waals surface area contributed by atoms with E-state index in [0.717, 1.165) is 22.0 Å². The molecular weight excluding hydrogens is 368 g/mol. The van der Waals surface area contributed by atoms with Crippen LogP contribution in [0.15, 0.2) is 46.9 Å². The maximum Gasteiger partial charge on any atom is 0.233 e. The minimum atomic E-state index is -0.262. The smallest absolute Gasteiger partial charge is 0.233 e. The van der Waals surface area contributed by atoms with Crippen LogP contribution in [-0.2, 0) is 18.4 Å². The van der Waals surface area contributed by atoms with Gasteiger partial charge in [-0.2, -0.15) is 0 Å². The van der Waals surface area contributed by atoms with E-state index in [-0.39, 0.29) is 11.2 Å². The highest BCUT2D eigenvalue weighted by atomic mass is 32.2. The minimum Gasteiger partial charge on any atom is -0.497 e. The van der Waals surface area contributed by atoms with Gasteiger partial charge in [-0.15, -0.1) is 21.5 Å².